The number of benzene rings is 3. The van der Waals surface area contributed by atoms with Gasteiger partial charge in [0.15, 0.2) is 11.5 Å². The van der Waals surface area contributed by atoms with Crippen LogP contribution in [0.25, 0.3) is 6.08 Å². The van der Waals surface area contributed by atoms with Crippen LogP contribution >= 0.6 is 22.6 Å². The number of nitrogens with one attached hydrogen (secondary N) is 1. The number of hydrogen-bond acceptors (Lipinski definition) is 6. The zero-order valence-electron chi connectivity index (χ0n) is 19.1. The second kappa shape index (κ2) is 12.0. The molecule has 0 saturated carbocycles. The number of nitro groups is 1. The van der Waals surface area contributed by atoms with Gasteiger partial charge in [0.05, 0.1) is 15.1 Å². The number of hydrogen-bond donors (Lipinski definition) is 1. The molecular weight excluding hydrogens is 561 g/mol. The molecule has 0 aromatic heterocycles. The van der Waals surface area contributed by atoms with Gasteiger partial charge in [0.1, 0.15) is 18.2 Å². The second-order valence-electron chi connectivity index (χ2n) is 7.47. The molecule has 0 unspecified atom stereocenters. The van der Waals surface area contributed by atoms with Gasteiger partial charge in [0, 0.05) is 17.8 Å². The quantitative estimate of drug-likeness (QED) is 0.108. The van der Waals surface area contributed by atoms with E-state index in [1.807, 2.05) is 32.0 Å². The molecule has 35 heavy (non-hydrogen) atoms. The van der Waals surface area contributed by atoms with E-state index in [-0.39, 0.29) is 17.9 Å². The van der Waals surface area contributed by atoms with Gasteiger partial charge in [-0.1, -0.05) is 17.7 Å². The topological polar surface area (TPSA) is 114 Å². The Kier molecular flexibility index (Phi) is 8.80. The van der Waals surface area contributed by atoms with E-state index in [0.29, 0.717) is 29.4 Å². The van der Waals surface area contributed by atoms with Crippen molar-refractivity contribution in [2.45, 2.75) is 20.5 Å². The number of carbonyl (C=O) groups is 1. The van der Waals surface area contributed by atoms with Gasteiger partial charge in [-0.15, -0.1) is 0 Å². The first-order chi connectivity index (χ1) is 16.8. The van der Waals surface area contributed by atoms with E-state index in [1.54, 1.807) is 36.4 Å². The molecule has 0 aliphatic carbocycles. The normalized spacial score (nSPS) is 10.9. The maximum atomic E-state index is 12.6. The SMILES string of the molecule is CCOc1cc(/C=C(/C#N)C(=O)Nc2ccc(C)cc2)cc(I)c1OCc1ccc([N+](=O)[O-])cc1. The maximum absolute atomic E-state index is 12.6. The molecule has 0 spiro atoms. The maximum Gasteiger partial charge on any atom is 0.269 e. The summed E-state index contributed by atoms with van der Waals surface area (Å²) in [4.78, 5) is 23.0. The number of rotatable bonds is 9. The van der Waals surface area contributed by atoms with E-state index < -0.39 is 10.8 Å². The van der Waals surface area contributed by atoms with Crippen LogP contribution in [0.5, 0.6) is 11.5 Å². The highest BCUT2D eigenvalue weighted by Crippen LogP contribution is 2.35. The van der Waals surface area contributed by atoms with Gasteiger partial charge >= 0.3 is 0 Å². The Morgan fingerprint density at radius 2 is 1.83 bits per heavy atom. The van der Waals surface area contributed by atoms with Crippen molar-refractivity contribution in [2.75, 3.05) is 11.9 Å². The van der Waals surface area contributed by atoms with Crippen molar-refractivity contribution in [1.29, 1.82) is 5.26 Å². The van der Waals surface area contributed by atoms with Crippen LogP contribution in [0.2, 0.25) is 0 Å². The predicted molar refractivity (Wildman–Crippen MR) is 141 cm³/mol. The fraction of sp³-hybridized carbons (Fsp3) is 0.154. The van der Waals surface area contributed by atoms with Crippen molar-refractivity contribution in [2.24, 2.45) is 0 Å². The standard InChI is InChI=1S/C26H22IN3O5/c1-3-34-24-14-19(12-20(15-28)26(31)29-21-8-4-17(2)5-9-21)13-23(27)25(24)35-16-18-6-10-22(11-7-18)30(32)33/h4-14H,3,16H2,1-2H3,(H,29,31)/b20-12-. The Labute approximate surface area is 216 Å². The summed E-state index contributed by atoms with van der Waals surface area (Å²) in [6.45, 7) is 4.36. The molecule has 0 atom stereocenters. The van der Waals surface area contributed by atoms with Crippen LogP contribution in [0, 0.1) is 31.9 Å². The van der Waals surface area contributed by atoms with Crippen LogP contribution in [-0.4, -0.2) is 17.4 Å². The van der Waals surface area contributed by atoms with Gasteiger partial charge in [-0.3, -0.25) is 14.9 Å². The van der Waals surface area contributed by atoms with Crippen LogP contribution in [0.3, 0.4) is 0 Å². The van der Waals surface area contributed by atoms with Gasteiger partial charge in [0.25, 0.3) is 11.6 Å². The summed E-state index contributed by atoms with van der Waals surface area (Å²) >= 11 is 2.10. The van der Waals surface area contributed by atoms with E-state index >= 15 is 0 Å². The first-order valence-electron chi connectivity index (χ1n) is 10.6. The van der Waals surface area contributed by atoms with E-state index in [4.69, 9.17) is 9.47 Å². The monoisotopic (exact) mass is 583 g/mol. The molecule has 0 aliphatic rings. The Balaban J connectivity index is 1.81. The molecule has 178 valence electrons. The third kappa shape index (κ3) is 7.04. The van der Waals surface area contributed by atoms with Crippen LogP contribution in [-0.2, 0) is 11.4 Å². The van der Waals surface area contributed by atoms with E-state index in [0.717, 1.165) is 14.7 Å². The van der Waals surface area contributed by atoms with Crippen molar-refractivity contribution in [3.05, 3.63) is 96.6 Å². The lowest BCUT2D eigenvalue weighted by atomic mass is 10.1. The van der Waals surface area contributed by atoms with E-state index in [9.17, 15) is 20.2 Å². The number of amides is 1. The highest BCUT2D eigenvalue weighted by Gasteiger charge is 2.15. The molecular formula is C26H22IN3O5. The van der Waals surface area contributed by atoms with Gasteiger partial charge < -0.3 is 14.8 Å². The van der Waals surface area contributed by atoms with Crippen molar-refractivity contribution < 1.29 is 19.2 Å². The molecule has 0 bridgehead atoms. The smallest absolute Gasteiger partial charge is 0.269 e. The summed E-state index contributed by atoms with van der Waals surface area (Å²) in [5, 5.41) is 23.1. The summed E-state index contributed by atoms with van der Waals surface area (Å²) in [6, 6.07) is 18.8. The van der Waals surface area contributed by atoms with Crippen molar-refractivity contribution in [3.8, 4) is 17.6 Å². The largest absolute Gasteiger partial charge is 0.490 e. The summed E-state index contributed by atoms with van der Waals surface area (Å²) in [7, 11) is 0. The zero-order valence-corrected chi connectivity index (χ0v) is 21.2. The van der Waals surface area contributed by atoms with Crippen LogP contribution in [0.4, 0.5) is 11.4 Å². The fourth-order valence-electron chi connectivity index (χ4n) is 3.09. The number of halogens is 1. The number of nitriles is 1. The molecule has 0 radical (unpaired) electrons. The number of ether oxygens (including phenoxy) is 2. The Bertz CT molecular complexity index is 1300. The Hall–Kier alpha value is -3.91. The molecule has 8 nitrogen and oxygen atoms in total. The molecule has 9 heteroatoms. The number of nitro benzene ring substituents is 1. The molecule has 0 fully saturated rings. The number of aryl methyl sites for hydroxylation is 1. The van der Waals surface area contributed by atoms with Crippen molar-refractivity contribution >= 4 is 45.9 Å². The molecule has 3 rings (SSSR count). The van der Waals surface area contributed by atoms with Gasteiger partial charge in [-0.05, 0) is 90.0 Å². The predicted octanol–water partition coefficient (Wildman–Crippen LogP) is 6.03. The van der Waals surface area contributed by atoms with Crippen molar-refractivity contribution in [3.63, 3.8) is 0 Å². The first-order valence-corrected chi connectivity index (χ1v) is 11.7. The van der Waals surface area contributed by atoms with Gasteiger partial charge in [-0.25, -0.2) is 0 Å². The summed E-state index contributed by atoms with van der Waals surface area (Å²) < 4.78 is 12.4. The third-order valence-electron chi connectivity index (χ3n) is 4.85. The average Bonchev–Trinajstić information content (AvgIpc) is 2.83. The van der Waals surface area contributed by atoms with Gasteiger partial charge in [0.2, 0.25) is 0 Å². The Morgan fingerprint density at radius 3 is 2.43 bits per heavy atom. The van der Waals surface area contributed by atoms with Crippen LogP contribution in [0.15, 0.2) is 66.2 Å². The molecule has 3 aromatic carbocycles. The summed E-state index contributed by atoms with van der Waals surface area (Å²) in [6.07, 6.45) is 1.49. The second-order valence-corrected chi connectivity index (χ2v) is 8.63. The highest BCUT2D eigenvalue weighted by atomic mass is 127. The average molecular weight is 583 g/mol. The number of non-ortho nitro benzene ring substituents is 1. The zero-order chi connectivity index (χ0) is 25.4. The number of nitrogens with zero attached hydrogens (tertiary/aromatic N) is 2. The van der Waals surface area contributed by atoms with Crippen LogP contribution < -0.4 is 14.8 Å². The molecule has 3 aromatic rings. The lowest BCUT2D eigenvalue weighted by Crippen LogP contribution is -2.13. The molecule has 1 N–H and O–H groups in total. The first kappa shape index (κ1) is 25.7. The number of anilines is 1. The van der Waals surface area contributed by atoms with Gasteiger partial charge in [-0.2, -0.15) is 5.26 Å². The molecule has 0 aliphatic heterocycles. The summed E-state index contributed by atoms with van der Waals surface area (Å²) in [5.74, 6) is 0.456. The lowest BCUT2D eigenvalue weighted by Gasteiger charge is -2.15. The minimum Gasteiger partial charge on any atom is -0.490 e. The minimum atomic E-state index is -0.511. The molecule has 1 amide bonds. The molecule has 0 heterocycles. The Morgan fingerprint density at radius 1 is 1.14 bits per heavy atom. The van der Waals surface area contributed by atoms with Crippen LogP contribution in [0.1, 0.15) is 23.6 Å². The fourth-order valence-corrected chi connectivity index (χ4v) is 3.88. The van der Waals surface area contributed by atoms with E-state index in [2.05, 4.69) is 27.9 Å². The highest BCUT2D eigenvalue weighted by molar-refractivity contribution is 14.1. The molecule has 0 saturated heterocycles. The minimum absolute atomic E-state index is 0.00851. The summed E-state index contributed by atoms with van der Waals surface area (Å²) in [5.41, 5.74) is 2.99. The third-order valence-corrected chi connectivity index (χ3v) is 5.65. The number of carbonyl (C=O) groups excluding carboxylic acids is 1. The lowest BCUT2D eigenvalue weighted by molar-refractivity contribution is -0.384. The van der Waals surface area contributed by atoms with Crippen molar-refractivity contribution in [1.82, 2.24) is 0 Å². The van der Waals surface area contributed by atoms with E-state index in [1.165, 1.54) is 18.2 Å².